The smallest absolute Gasteiger partial charge is 0.233 e. The number of aryl methyl sites for hydroxylation is 1. The van der Waals surface area contributed by atoms with Crippen molar-refractivity contribution in [2.75, 3.05) is 5.32 Å². The Morgan fingerprint density at radius 3 is 3.00 bits per heavy atom. The zero-order valence-electron chi connectivity index (χ0n) is 11.2. The number of fused-ring (bicyclic) bond motifs is 2. The van der Waals surface area contributed by atoms with E-state index in [0.717, 1.165) is 49.0 Å². The molecule has 2 aromatic rings. The number of nitrogens with zero attached hydrogens (tertiary/aromatic N) is 1. The molecule has 4 nitrogen and oxygen atoms in total. The Hall–Kier alpha value is -2.10. The van der Waals surface area contributed by atoms with Gasteiger partial charge in [0.2, 0.25) is 5.91 Å². The lowest BCUT2D eigenvalue weighted by Crippen LogP contribution is -2.30. The minimum absolute atomic E-state index is 0.0328. The second-order valence-electron chi connectivity index (χ2n) is 5.58. The van der Waals surface area contributed by atoms with Crippen molar-refractivity contribution >= 4 is 11.7 Å². The van der Waals surface area contributed by atoms with Gasteiger partial charge in [-0.2, -0.15) is 0 Å². The van der Waals surface area contributed by atoms with Gasteiger partial charge in [0, 0.05) is 12.0 Å². The molecule has 1 unspecified atom stereocenters. The van der Waals surface area contributed by atoms with Gasteiger partial charge in [0.15, 0.2) is 5.82 Å². The van der Waals surface area contributed by atoms with Crippen LogP contribution in [0.5, 0.6) is 0 Å². The molecule has 0 fully saturated rings. The minimum atomic E-state index is -0.0397. The van der Waals surface area contributed by atoms with Crippen molar-refractivity contribution in [2.24, 2.45) is 0 Å². The van der Waals surface area contributed by atoms with Crippen LogP contribution < -0.4 is 5.32 Å². The van der Waals surface area contributed by atoms with Gasteiger partial charge in [0.1, 0.15) is 5.76 Å². The summed E-state index contributed by atoms with van der Waals surface area (Å²) < 4.78 is 5.32. The summed E-state index contributed by atoms with van der Waals surface area (Å²) in [6.07, 6.45) is 5.00. The maximum absolute atomic E-state index is 12.3. The molecule has 20 heavy (non-hydrogen) atoms. The van der Waals surface area contributed by atoms with E-state index in [0.29, 0.717) is 5.82 Å². The van der Waals surface area contributed by atoms with Crippen LogP contribution in [0.2, 0.25) is 0 Å². The Balaban J connectivity index is 1.53. The van der Waals surface area contributed by atoms with Crippen molar-refractivity contribution in [2.45, 2.75) is 38.0 Å². The third-order valence-corrected chi connectivity index (χ3v) is 4.36. The SMILES string of the molecule is O=C(Nc1noc2c1CCCC2)C1Cc2ccccc21. The lowest BCUT2D eigenvalue weighted by molar-refractivity contribution is -0.118. The lowest BCUT2D eigenvalue weighted by Gasteiger charge is -2.28. The summed E-state index contributed by atoms with van der Waals surface area (Å²) in [7, 11) is 0. The number of carbonyl (C=O) groups is 1. The normalized spacial score (nSPS) is 19.7. The number of carbonyl (C=O) groups excluding carboxylic acids is 1. The van der Waals surface area contributed by atoms with E-state index in [1.54, 1.807) is 0 Å². The molecule has 0 bridgehead atoms. The number of anilines is 1. The lowest BCUT2D eigenvalue weighted by atomic mass is 9.77. The molecule has 0 aliphatic heterocycles. The van der Waals surface area contributed by atoms with Gasteiger partial charge >= 0.3 is 0 Å². The van der Waals surface area contributed by atoms with E-state index in [9.17, 15) is 4.79 Å². The molecule has 1 N–H and O–H groups in total. The molecule has 4 rings (SSSR count). The Labute approximate surface area is 117 Å². The maximum Gasteiger partial charge on any atom is 0.233 e. The highest BCUT2D eigenvalue weighted by Gasteiger charge is 2.33. The predicted molar refractivity (Wildman–Crippen MR) is 74.7 cm³/mol. The fourth-order valence-corrected chi connectivity index (χ4v) is 3.18. The summed E-state index contributed by atoms with van der Waals surface area (Å²) in [4.78, 5) is 12.3. The average molecular weight is 268 g/mol. The summed E-state index contributed by atoms with van der Waals surface area (Å²) in [6, 6.07) is 8.11. The van der Waals surface area contributed by atoms with E-state index >= 15 is 0 Å². The molecule has 1 aromatic carbocycles. The number of nitrogens with one attached hydrogen (secondary N) is 1. The van der Waals surface area contributed by atoms with Crippen molar-refractivity contribution in [1.82, 2.24) is 5.16 Å². The maximum atomic E-state index is 12.3. The third kappa shape index (κ3) is 1.75. The van der Waals surface area contributed by atoms with Gasteiger partial charge in [-0.25, -0.2) is 0 Å². The fourth-order valence-electron chi connectivity index (χ4n) is 3.18. The standard InChI is InChI=1S/C16H16N2O2/c19-16(13-9-10-5-1-2-6-11(10)13)17-15-12-7-3-4-8-14(12)20-18-15/h1-2,5-6,13H,3-4,7-9H2,(H,17,18,19). The van der Waals surface area contributed by atoms with E-state index in [4.69, 9.17) is 4.52 Å². The topological polar surface area (TPSA) is 55.1 Å². The van der Waals surface area contributed by atoms with Crippen LogP contribution in [0, 0.1) is 0 Å². The molecule has 102 valence electrons. The molecular formula is C16H16N2O2. The fraction of sp³-hybridized carbons (Fsp3) is 0.375. The summed E-state index contributed by atoms with van der Waals surface area (Å²) in [5.41, 5.74) is 3.51. The first kappa shape index (κ1) is 11.7. The molecule has 2 aliphatic carbocycles. The van der Waals surface area contributed by atoms with Crippen LogP contribution in [0.4, 0.5) is 5.82 Å². The summed E-state index contributed by atoms with van der Waals surface area (Å²) in [5, 5.41) is 6.98. The largest absolute Gasteiger partial charge is 0.359 e. The minimum Gasteiger partial charge on any atom is -0.359 e. The molecule has 4 heteroatoms. The van der Waals surface area contributed by atoms with Gasteiger partial charge in [-0.3, -0.25) is 4.79 Å². The number of hydrogen-bond donors (Lipinski definition) is 1. The van der Waals surface area contributed by atoms with Gasteiger partial charge < -0.3 is 9.84 Å². The van der Waals surface area contributed by atoms with Gasteiger partial charge in [0.05, 0.1) is 5.92 Å². The van der Waals surface area contributed by atoms with E-state index in [2.05, 4.69) is 16.5 Å². The van der Waals surface area contributed by atoms with Gasteiger partial charge in [0.25, 0.3) is 0 Å². The van der Waals surface area contributed by atoms with Crippen molar-refractivity contribution < 1.29 is 9.32 Å². The molecule has 1 aromatic heterocycles. The summed E-state index contributed by atoms with van der Waals surface area (Å²) in [6.45, 7) is 0. The van der Waals surface area contributed by atoms with Crippen LogP contribution in [-0.2, 0) is 24.1 Å². The Morgan fingerprint density at radius 1 is 1.25 bits per heavy atom. The zero-order chi connectivity index (χ0) is 13.5. The number of benzene rings is 1. The highest BCUT2D eigenvalue weighted by atomic mass is 16.5. The quantitative estimate of drug-likeness (QED) is 0.911. The first-order valence-electron chi connectivity index (χ1n) is 7.19. The Kier molecular flexibility index (Phi) is 2.62. The van der Waals surface area contributed by atoms with Crippen LogP contribution in [0.15, 0.2) is 28.8 Å². The number of amides is 1. The molecule has 1 atom stereocenters. The molecule has 1 heterocycles. The Bertz CT molecular complexity index is 675. The highest BCUT2D eigenvalue weighted by molar-refractivity contribution is 5.97. The average Bonchev–Trinajstić information content (AvgIpc) is 2.84. The molecule has 1 amide bonds. The van der Waals surface area contributed by atoms with Crippen LogP contribution in [-0.4, -0.2) is 11.1 Å². The van der Waals surface area contributed by atoms with Crippen LogP contribution in [0.25, 0.3) is 0 Å². The third-order valence-electron chi connectivity index (χ3n) is 4.36. The van der Waals surface area contributed by atoms with Gasteiger partial charge in [-0.15, -0.1) is 0 Å². The van der Waals surface area contributed by atoms with Crippen molar-refractivity contribution in [1.29, 1.82) is 0 Å². The van der Waals surface area contributed by atoms with E-state index in [-0.39, 0.29) is 11.8 Å². The van der Waals surface area contributed by atoms with E-state index < -0.39 is 0 Å². The molecule has 0 saturated heterocycles. The summed E-state index contributed by atoms with van der Waals surface area (Å²) in [5.74, 6) is 1.57. The Morgan fingerprint density at radius 2 is 2.10 bits per heavy atom. The second-order valence-corrected chi connectivity index (χ2v) is 5.58. The van der Waals surface area contributed by atoms with E-state index in [1.807, 2.05) is 18.2 Å². The first-order chi connectivity index (χ1) is 9.83. The number of aromatic nitrogens is 1. The molecule has 0 saturated carbocycles. The summed E-state index contributed by atoms with van der Waals surface area (Å²) >= 11 is 0. The van der Waals surface area contributed by atoms with Crippen molar-refractivity contribution in [3.63, 3.8) is 0 Å². The van der Waals surface area contributed by atoms with Crippen LogP contribution in [0.3, 0.4) is 0 Å². The molecular weight excluding hydrogens is 252 g/mol. The van der Waals surface area contributed by atoms with Crippen molar-refractivity contribution in [3.05, 3.63) is 46.7 Å². The first-order valence-corrected chi connectivity index (χ1v) is 7.19. The van der Waals surface area contributed by atoms with Crippen LogP contribution in [0.1, 0.15) is 41.2 Å². The number of rotatable bonds is 2. The van der Waals surface area contributed by atoms with Crippen molar-refractivity contribution in [3.8, 4) is 0 Å². The van der Waals surface area contributed by atoms with Gasteiger partial charge in [-0.1, -0.05) is 29.4 Å². The molecule has 0 radical (unpaired) electrons. The second kappa shape index (κ2) is 4.47. The molecule has 0 spiro atoms. The zero-order valence-corrected chi connectivity index (χ0v) is 11.2. The monoisotopic (exact) mass is 268 g/mol. The highest BCUT2D eigenvalue weighted by Crippen LogP contribution is 2.36. The van der Waals surface area contributed by atoms with E-state index in [1.165, 1.54) is 5.56 Å². The predicted octanol–water partition coefficient (Wildman–Crippen LogP) is 2.83. The van der Waals surface area contributed by atoms with Crippen LogP contribution >= 0.6 is 0 Å². The number of hydrogen-bond acceptors (Lipinski definition) is 3. The van der Waals surface area contributed by atoms with Gasteiger partial charge in [-0.05, 0) is 36.8 Å². The molecule has 2 aliphatic rings.